The molecule has 6 nitrogen and oxygen atoms in total. The number of hydrogen-bond acceptors (Lipinski definition) is 4. The topological polar surface area (TPSA) is 79.7 Å². The van der Waals surface area contributed by atoms with Crippen LogP contribution in [0.3, 0.4) is 0 Å². The first-order valence-electron chi connectivity index (χ1n) is 8.23. The molecule has 0 radical (unpaired) electrons. The summed E-state index contributed by atoms with van der Waals surface area (Å²) < 4.78 is 5.66. The lowest BCUT2D eigenvalue weighted by molar-refractivity contribution is -0.142. The van der Waals surface area contributed by atoms with Crippen LogP contribution in [0, 0.1) is 5.92 Å². The van der Waals surface area contributed by atoms with E-state index in [2.05, 4.69) is 4.98 Å². The van der Waals surface area contributed by atoms with Crippen molar-refractivity contribution in [1.29, 1.82) is 0 Å². The maximum absolute atomic E-state index is 12.7. The molecular weight excluding hydrogens is 320 g/mol. The number of aliphatic carboxylic acids is 1. The number of nitrogens with zero attached hydrogens (tertiary/aromatic N) is 2. The van der Waals surface area contributed by atoms with Crippen molar-refractivity contribution in [2.75, 3.05) is 6.54 Å². The number of carbonyl (C=O) groups is 2. The molecule has 0 aliphatic carbocycles. The summed E-state index contributed by atoms with van der Waals surface area (Å²) in [5, 5.41) is 9.21. The average Bonchev–Trinajstić information content (AvgIpc) is 3.02. The fourth-order valence-corrected chi connectivity index (χ4v) is 3.08. The lowest BCUT2D eigenvalue weighted by atomic mass is 10.0. The third-order valence-electron chi connectivity index (χ3n) is 4.54. The quantitative estimate of drug-likeness (QED) is 0.905. The number of benzene rings is 1. The molecule has 25 heavy (non-hydrogen) atoms. The first-order valence-corrected chi connectivity index (χ1v) is 8.23. The van der Waals surface area contributed by atoms with Gasteiger partial charge in [0.1, 0.15) is 6.61 Å². The summed E-state index contributed by atoms with van der Waals surface area (Å²) >= 11 is 0. The number of likely N-dealkylation sites (tertiary alicyclic amines) is 1. The van der Waals surface area contributed by atoms with Crippen LogP contribution in [0.1, 0.15) is 29.3 Å². The van der Waals surface area contributed by atoms with E-state index in [1.165, 1.54) is 6.20 Å². The van der Waals surface area contributed by atoms with Gasteiger partial charge in [-0.2, -0.15) is 0 Å². The average molecular weight is 340 g/mol. The van der Waals surface area contributed by atoms with E-state index >= 15 is 0 Å². The molecule has 1 N–H and O–H groups in total. The molecule has 130 valence electrons. The Balaban J connectivity index is 1.69. The number of carboxylic acid groups (broad SMARTS) is 1. The van der Waals surface area contributed by atoms with Gasteiger partial charge < -0.3 is 14.7 Å². The molecule has 0 bridgehead atoms. The number of carboxylic acids is 1. The lowest BCUT2D eigenvalue weighted by Gasteiger charge is -2.23. The number of carbonyl (C=O) groups excluding carboxylic acids is 1. The van der Waals surface area contributed by atoms with Crippen molar-refractivity contribution in [2.24, 2.45) is 5.92 Å². The molecule has 1 aromatic heterocycles. The zero-order valence-electron chi connectivity index (χ0n) is 14.0. The number of amides is 1. The van der Waals surface area contributed by atoms with Gasteiger partial charge in [-0.3, -0.25) is 9.59 Å². The van der Waals surface area contributed by atoms with Crippen molar-refractivity contribution < 1.29 is 19.4 Å². The number of pyridine rings is 1. The Labute approximate surface area is 146 Å². The molecule has 2 atom stereocenters. The zero-order chi connectivity index (χ0) is 17.8. The van der Waals surface area contributed by atoms with Gasteiger partial charge in [0.25, 0.3) is 5.91 Å². The molecule has 1 amide bonds. The predicted molar refractivity (Wildman–Crippen MR) is 91.3 cm³/mol. The van der Waals surface area contributed by atoms with Crippen LogP contribution in [-0.2, 0) is 11.4 Å². The van der Waals surface area contributed by atoms with E-state index in [4.69, 9.17) is 4.74 Å². The van der Waals surface area contributed by atoms with E-state index in [9.17, 15) is 14.7 Å². The van der Waals surface area contributed by atoms with Crippen molar-refractivity contribution in [2.45, 2.75) is 26.0 Å². The Morgan fingerprint density at radius 2 is 2.04 bits per heavy atom. The standard InChI is InChI=1S/C19H20N2O4/c1-13-16(19(23)24)8-10-21(13)18(22)15-7-9-20-17(11-15)25-12-14-5-3-2-4-6-14/h2-7,9,11,13,16H,8,10,12H2,1H3,(H,23,24). The van der Waals surface area contributed by atoms with Gasteiger partial charge in [0.15, 0.2) is 0 Å². The van der Waals surface area contributed by atoms with Crippen LogP contribution < -0.4 is 4.74 Å². The predicted octanol–water partition coefficient (Wildman–Crippen LogP) is 2.60. The number of ether oxygens (including phenoxy) is 1. The van der Waals surface area contributed by atoms with E-state index in [1.807, 2.05) is 30.3 Å². The molecule has 2 heterocycles. The fraction of sp³-hybridized carbons (Fsp3) is 0.316. The van der Waals surface area contributed by atoms with Crippen molar-refractivity contribution in [3.05, 3.63) is 59.8 Å². The highest BCUT2D eigenvalue weighted by Crippen LogP contribution is 2.26. The molecule has 1 fully saturated rings. The largest absolute Gasteiger partial charge is 0.481 e. The third-order valence-corrected chi connectivity index (χ3v) is 4.54. The molecule has 0 saturated carbocycles. The van der Waals surface area contributed by atoms with Gasteiger partial charge in [0.05, 0.1) is 5.92 Å². The van der Waals surface area contributed by atoms with Gasteiger partial charge in [0, 0.05) is 30.4 Å². The molecule has 3 rings (SSSR count). The number of hydrogen-bond donors (Lipinski definition) is 1. The summed E-state index contributed by atoms with van der Waals surface area (Å²) in [5.41, 5.74) is 1.47. The second-order valence-corrected chi connectivity index (χ2v) is 6.13. The van der Waals surface area contributed by atoms with Crippen LogP contribution in [0.15, 0.2) is 48.7 Å². The van der Waals surface area contributed by atoms with E-state index in [0.29, 0.717) is 31.0 Å². The van der Waals surface area contributed by atoms with E-state index in [1.54, 1.807) is 24.0 Å². The first kappa shape index (κ1) is 17.0. The lowest BCUT2D eigenvalue weighted by Crippen LogP contribution is -2.37. The van der Waals surface area contributed by atoms with Gasteiger partial charge in [-0.25, -0.2) is 4.98 Å². The van der Waals surface area contributed by atoms with Crippen molar-refractivity contribution in [3.63, 3.8) is 0 Å². The molecule has 1 aliphatic rings. The molecule has 6 heteroatoms. The van der Waals surface area contributed by atoms with E-state index in [0.717, 1.165) is 5.56 Å². The third kappa shape index (κ3) is 3.79. The maximum atomic E-state index is 12.7. The van der Waals surface area contributed by atoms with Crippen LogP contribution >= 0.6 is 0 Å². The van der Waals surface area contributed by atoms with Crippen LogP contribution in [0.5, 0.6) is 5.88 Å². The molecule has 0 spiro atoms. The summed E-state index contributed by atoms with van der Waals surface area (Å²) in [7, 11) is 0. The summed E-state index contributed by atoms with van der Waals surface area (Å²) in [4.78, 5) is 29.7. The monoisotopic (exact) mass is 340 g/mol. The minimum Gasteiger partial charge on any atom is -0.481 e. The SMILES string of the molecule is CC1C(C(=O)O)CCN1C(=O)c1ccnc(OCc2ccccc2)c1. The van der Waals surface area contributed by atoms with Crippen LogP contribution in [-0.4, -0.2) is 39.5 Å². The molecule has 1 saturated heterocycles. The molecular formula is C19H20N2O4. The van der Waals surface area contributed by atoms with E-state index in [-0.39, 0.29) is 11.9 Å². The second-order valence-electron chi connectivity index (χ2n) is 6.13. The minimum absolute atomic E-state index is 0.191. The van der Waals surface area contributed by atoms with Crippen molar-refractivity contribution in [1.82, 2.24) is 9.88 Å². The Hall–Kier alpha value is -2.89. The number of rotatable bonds is 5. The van der Waals surface area contributed by atoms with E-state index < -0.39 is 11.9 Å². The van der Waals surface area contributed by atoms with Crippen molar-refractivity contribution in [3.8, 4) is 5.88 Å². The highest BCUT2D eigenvalue weighted by molar-refractivity contribution is 5.95. The summed E-state index contributed by atoms with van der Waals surface area (Å²) in [5.74, 6) is -1.19. The molecule has 2 aromatic rings. The Morgan fingerprint density at radius 3 is 2.72 bits per heavy atom. The Kier molecular flexibility index (Phi) is 4.97. The second kappa shape index (κ2) is 7.34. The van der Waals surface area contributed by atoms with Crippen molar-refractivity contribution >= 4 is 11.9 Å². The highest BCUT2D eigenvalue weighted by Gasteiger charge is 2.38. The van der Waals surface area contributed by atoms with Gasteiger partial charge >= 0.3 is 5.97 Å². The van der Waals surface area contributed by atoms with Gasteiger partial charge in [-0.05, 0) is 25.0 Å². The minimum atomic E-state index is -0.857. The normalized spacial score (nSPS) is 19.6. The summed E-state index contributed by atoms with van der Waals surface area (Å²) in [6.07, 6.45) is 2.01. The highest BCUT2D eigenvalue weighted by atomic mass is 16.5. The zero-order valence-corrected chi connectivity index (χ0v) is 14.0. The smallest absolute Gasteiger partial charge is 0.308 e. The Morgan fingerprint density at radius 1 is 1.28 bits per heavy atom. The van der Waals surface area contributed by atoms with Gasteiger partial charge in [-0.15, -0.1) is 0 Å². The molecule has 1 aliphatic heterocycles. The van der Waals surface area contributed by atoms with Crippen LogP contribution in [0.25, 0.3) is 0 Å². The summed E-state index contributed by atoms with van der Waals surface area (Å²) in [6.45, 7) is 2.59. The fourth-order valence-electron chi connectivity index (χ4n) is 3.08. The molecule has 1 aromatic carbocycles. The van der Waals surface area contributed by atoms with Gasteiger partial charge in [0.2, 0.25) is 5.88 Å². The number of aromatic nitrogens is 1. The molecule has 2 unspecified atom stereocenters. The van der Waals surface area contributed by atoms with Crippen LogP contribution in [0.4, 0.5) is 0 Å². The maximum Gasteiger partial charge on any atom is 0.308 e. The first-order chi connectivity index (χ1) is 12.1. The van der Waals surface area contributed by atoms with Crippen LogP contribution in [0.2, 0.25) is 0 Å². The van der Waals surface area contributed by atoms with Gasteiger partial charge in [-0.1, -0.05) is 30.3 Å². The Bertz CT molecular complexity index is 763. The summed E-state index contributed by atoms with van der Waals surface area (Å²) in [6, 6.07) is 12.6.